The molecular weight excluding hydrogens is 240 g/mol. The number of methoxy groups -OCH3 is 1. The number of benzene rings is 1. The number of carbonyl (C=O) groups is 1. The fourth-order valence-corrected chi connectivity index (χ4v) is 1.78. The van der Waals surface area contributed by atoms with E-state index < -0.39 is 0 Å². The lowest BCUT2D eigenvalue weighted by atomic mass is 9.87. The summed E-state index contributed by atoms with van der Waals surface area (Å²) in [5, 5.41) is 0. The zero-order valence-electron chi connectivity index (χ0n) is 12.6. The Morgan fingerprint density at radius 1 is 1.21 bits per heavy atom. The molecule has 0 saturated carbocycles. The van der Waals surface area contributed by atoms with E-state index in [1.165, 1.54) is 0 Å². The van der Waals surface area contributed by atoms with Gasteiger partial charge in [-0.05, 0) is 31.0 Å². The maximum atomic E-state index is 11.9. The Bertz CT molecular complexity index is 430. The summed E-state index contributed by atoms with van der Waals surface area (Å²) in [6.45, 7) is 8.40. The maximum Gasteiger partial charge on any atom is 0.161 e. The highest BCUT2D eigenvalue weighted by Crippen LogP contribution is 2.29. The largest absolute Gasteiger partial charge is 0.493 e. The van der Waals surface area contributed by atoms with Crippen LogP contribution in [0.1, 0.15) is 39.7 Å². The van der Waals surface area contributed by atoms with E-state index in [0.29, 0.717) is 13.0 Å². The lowest BCUT2D eigenvalue weighted by molar-refractivity contribution is -0.126. The zero-order valence-corrected chi connectivity index (χ0v) is 12.6. The number of ether oxygens (including phenoxy) is 2. The highest BCUT2D eigenvalue weighted by molar-refractivity contribution is 5.83. The van der Waals surface area contributed by atoms with E-state index in [1.807, 2.05) is 45.9 Å². The van der Waals surface area contributed by atoms with Crippen LogP contribution in [0.3, 0.4) is 0 Å². The summed E-state index contributed by atoms with van der Waals surface area (Å²) >= 11 is 0. The fraction of sp³-hybridized carbons (Fsp3) is 0.562. The van der Waals surface area contributed by atoms with Gasteiger partial charge in [-0.3, -0.25) is 4.79 Å². The van der Waals surface area contributed by atoms with E-state index in [2.05, 4.69) is 0 Å². The smallest absolute Gasteiger partial charge is 0.161 e. The average Bonchev–Trinajstić information content (AvgIpc) is 2.35. The van der Waals surface area contributed by atoms with Crippen LogP contribution in [0.25, 0.3) is 0 Å². The Morgan fingerprint density at radius 2 is 1.89 bits per heavy atom. The summed E-state index contributed by atoms with van der Waals surface area (Å²) in [6.07, 6.45) is 1.29. The Labute approximate surface area is 115 Å². The van der Waals surface area contributed by atoms with Gasteiger partial charge in [0.15, 0.2) is 11.5 Å². The summed E-state index contributed by atoms with van der Waals surface area (Å²) in [4.78, 5) is 11.9. The van der Waals surface area contributed by atoms with Gasteiger partial charge in [0.2, 0.25) is 0 Å². The molecule has 1 aromatic carbocycles. The van der Waals surface area contributed by atoms with Crippen molar-refractivity contribution >= 4 is 5.78 Å². The molecule has 0 radical (unpaired) electrons. The molecular formula is C16H24O3. The van der Waals surface area contributed by atoms with E-state index in [4.69, 9.17) is 9.47 Å². The fourth-order valence-electron chi connectivity index (χ4n) is 1.78. The van der Waals surface area contributed by atoms with Crippen molar-refractivity contribution in [3.05, 3.63) is 23.8 Å². The van der Waals surface area contributed by atoms with Crippen LogP contribution in [0.15, 0.2) is 18.2 Å². The van der Waals surface area contributed by atoms with Crippen molar-refractivity contribution in [1.29, 1.82) is 0 Å². The minimum Gasteiger partial charge on any atom is -0.493 e. The molecule has 0 saturated heterocycles. The number of rotatable bonds is 6. The van der Waals surface area contributed by atoms with Crippen molar-refractivity contribution in [2.75, 3.05) is 13.7 Å². The monoisotopic (exact) mass is 264 g/mol. The van der Waals surface area contributed by atoms with Crippen molar-refractivity contribution in [1.82, 2.24) is 0 Å². The first-order valence-electron chi connectivity index (χ1n) is 6.71. The molecule has 0 N–H and O–H groups in total. The standard InChI is InChI=1S/C16H24O3/c1-6-19-14-11-12(7-9-13(14)18-5)8-10-15(17)16(2,3)4/h7,9,11H,6,8,10H2,1-5H3. The minimum atomic E-state index is -0.269. The van der Waals surface area contributed by atoms with Crippen molar-refractivity contribution in [3.63, 3.8) is 0 Å². The molecule has 0 spiro atoms. The van der Waals surface area contributed by atoms with Crippen molar-refractivity contribution < 1.29 is 14.3 Å². The second-order valence-corrected chi connectivity index (χ2v) is 5.59. The Morgan fingerprint density at radius 3 is 2.42 bits per heavy atom. The van der Waals surface area contributed by atoms with Crippen LogP contribution in [0.2, 0.25) is 0 Å². The molecule has 3 nitrogen and oxygen atoms in total. The predicted molar refractivity (Wildman–Crippen MR) is 76.9 cm³/mol. The molecule has 0 amide bonds. The number of aryl methyl sites for hydroxylation is 1. The van der Waals surface area contributed by atoms with Gasteiger partial charge in [-0.25, -0.2) is 0 Å². The van der Waals surface area contributed by atoms with Gasteiger partial charge in [-0.2, -0.15) is 0 Å². The third kappa shape index (κ3) is 4.58. The maximum absolute atomic E-state index is 11.9. The van der Waals surface area contributed by atoms with E-state index in [9.17, 15) is 4.79 Å². The molecule has 0 aromatic heterocycles. The molecule has 0 unspecified atom stereocenters. The summed E-state index contributed by atoms with van der Waals surface area (Å²) in [6, 6.07) is 5.83. The summed E-state index contributed by atoms with van der Waals surface area (Å²) in [5.74, 6) is 1.75. The second kappa shape index (κ2) is 6.60. The third-order valence-corrected chi connectivity index (χ3v) is 3.01. The van der Waals surface area contributed by atoms with Gasteiger partial charge in [-0.15, -0.1) is 0 Å². The quantitative estimate of drug-likeness (QED) is 0.787. The molecule has 106 valence electrons. The van der Waals surface area contributed by atoms with E-state index >= 15 is 0 Å². The van der Waals surface area contributed by atoms with Gasteiger partial charge in [-0.1, -0.05) is 26.8 Å². The van der Waals surface area contributed by atoms with E-state index in [1.54, 1.807) is 7.11 Å². The molecule has 0 aliphatic rings. The SMILES string of the molecule is CCOc1cc(CCC(=O)C(C)(C)C)ccc1OC. The summed E-state index contributed by atoms with van der Waals surface area (Å²) in [5.41, 5.74) is 0.830. The van der Waals surface area contributed by atoms with Gasteiger partial charge in [0, 0.05) is 11.8 Å². The zero-order chi connectivity index (χ0) is 14.5. The van der Waals surface area contributed by atoms with Gasteiger partial charge >= 0.3 is 0 Å². The molecule has 1 rings (SSSR count). The molecule has 1 aromatic rings. The average molecular weight is 264 g/mol. The first-order valence-corrected chi connectivity index (χ1v) is 6.71. The Kier molecular flexibility index (Phi) is 5.40. The highest BCUT2D eigenvalue weighted by Gasteiger charge is 2.20. The second-order valence-electron chi connectivity index (χ2n) is 5.59. The van der Waals surface area contributed by atoms with Gasteiger partial charge in [0.05, 0.1) is 13.7 Å². The molecule has 0 aliphatic heterocycles. The lowest BCUT2D eigenvalue weighted by Gasteiger charge is -2.16. The van der Waals surface area contributed by atoms with Crippen LogP contribution in [0.4, 0.5) is 0 Å². The van der Waals surface area contributed by atoms with Crippen molar-refractivity contribution in [2.45, 2.75) is 40.5 Å². The first-order chi connectivity index (χ1) is 8.88. The van der Waals surface area contributed by atoms with Crippen LogP contribution in [-0.4, -0.2) is 19.5 Å². The van der Waals surface area contributed by atoms with Crippen molar-refractivity contribution in [3.8, 4) is 11.5 Å². The molecule has 0 atom stereocenters. The molecule has 19 heavy (non-hydrogen) atoms. The molecule has 3 heteroatoms. The topological polar surface area (TPSA) is 35.5 Å². The molecule has 0 fully saturated rings. The van der Waals surface area contributed by atoms with Gasteiger partial charge < -0.3 is 9.47 Å². The van der Waals surface area contributed by atoms with Crippen LogP contribution < -0.4 is 9.47 Å². The van der Waals surface area contributed by atoms with Crippen LogP contribution in [0, 0.1) is 5.41 Å². The summed E-state index contributed by atoms with van der Waals surface area (Å²) < 4.78 is 10.8. The first kappa shape index (κ1) is 15.5. The van der Waals surface area contributed by atoms with Crippen molar-refractivity contribution in [2.24, 2.45) is 5.41 Å². The Balaban J connectivity index is 2.74. The number of Topliss-reactive ketones (excluding diaryl/α,β-unsaturated/α-hetero) is 1. The van der Waals surface area contributed by atoms with E-state index in [0.717, 1.165) is 23.5 Å². The summed E-state index contributed by atoms with van der Waals surface area (Å²) in [7, 11) is 1.63. The molecule has 0 heterocycles. The van der Waals surface area contributed by atoms with Gasteiger partial charge in [0.25, 0.3) is 0 Å². The van der Waals surface area contributed by atoms with Crippen LogP contribution >= 0.6 is 0 Å². The third-order valence-electron chi connectivity index (χ3n) is 3.01. The van der Waals surface area contributed by atoms with Crippen LogP contribution in [0.5, 0.6) is 11.5 Å². The Hall–Kier alpha value is -1.51. The number of carbonyl (C=O) groups excluding carboxylic acids is 1. The minimum absolute atomic E-state index is 0.269. The highest BCUT2D eigenvalue weighted by atomic mass is 16.5. The van der Waals surface area contributed by atoms with Gasteiger partial charge in [0.1, 0.15) is 5.78 Å². The van der Waals surface area contributed by atoms with E-state index in [-0.39, 0.29) is 11.2 Å². The lowest BCUT2D eigenvalue weighted by Crippen LogP contribution is -2.20. The number of hydrogen-bond donors (Lipinski definition) is 0. The number of ketones is 1. The molecule has 0 aliphatic carbocycles. The molecule has 0 bridgehead atoms. The normalized spacial score (nSPS) is 11.2. The predicted octanol–water partition coefficient (Wildman–Crippen LogP) is 3.64. The van der Waals surface area contributed by atoms with Crippen LogP contribution in [-0.2, 0) is 11.2 Å². The number of hydrogen-bond acceptors (Lipinski definition) is 3.